The maximum absolute atomic E-state index is 13.8. The van der Waals surface area contributed by atoms with Crippen LogP contribution in [0.3, 0.4) is 0 Å². The molecule has 0 bridgehead atoms. The van der Waals surface area contributed by atoms with E-state index in [1.54, 1.807) is 6.92 Å². The fourth-order valence-corrected chi connectivity index (χ4v) is 3.19. The molecule has 1 aliphatic heterocycles. The first-order valence-electron chi connectivity index (χ1n) is 8.74. The van der Waals surface area contributed by atoms with Crippen LogP contribution in [0.1, 0.15) is 30.5 Å². The summed E-state index contributed by atoms with van der Waals surface area (Å²) < 4.78 is 26.8. The number of halogens is 2. The zero-order valence-electron chi connectivity index (χ0n) is 14.7. The molecule has 2 aromatic carbocycles. The predicted molar refractivity (Wildman–Crippen MR) is 98.4 cm³/mol. The van der Waals surface area contributed by atoms with Crippen LogP contribution in [-0.4, -0.2) is 30.4 Å². The number of carbonyl (C=O) groups is 1. The van der Waals surface area contributed by atoms with Crippen LogP contribution in [0.15, 0.2) is 54.6 Å². The lowest BCUT2D eigenvalue weighted by Crippen LogP contribution is -2.40. The molecule has 0 unspecified atom stereocenters. The monoisotopic (exact) mass is 356 g/mol. The van der Waals surface area contributed by atoms with Gasteiger partial charge in [-0.15, -0.1) is 0 Å². The summed E-state index contributed by atoms with van der Waals surface area (Å²) in [6, 6.07) is 13.1. The minimum Gasteiger partial charge on any atom is -0.348 e. The lowest BCUT2D eigenvalue weighted by Gasteiger charge is -2.26. The Morgan fingerprint density at radius 3 is 2.62 bits per heavy atom. The van der Waals surface area contributed by atoms with Crippen LogP contribution < -0.4 is 5.32 Å². The summed E-state index contributed by atoms with van der Waals surface area (Å²) in [6.07, 6.45) is 3.04. The zero-order chi connectivity index (χ0) is 18.5. The van der Waals surface area contributed by atoms with E-state index in [0.717, 1.165) is 19.0 Å². The minimum atomic E-state index is -0.647. The van der Waals surface area contributed by atoms with Crippen molar-refractivity contribution in [1.82, 2.24) is 10.2 Å². The average Bonchev–Trinajstić information content (AvgIpc) is 2.63. The molecule has 0 aliphatic carbocycles. The Kier molecular flexibility index (Phi) is 5.78. The van der Waals surface area contributed by atoms with E-state index in [1.165, 1.54) is 23.3 Å². The van der Waals surface area contributed by atoms with Gasteiger partial charge >= 0.3 is 0 Å². The topological polar surface area (TPSA) is 32.3 Å². The molecule has 1 atom stereocenters. The molecular weight excluding hydrogens is 334 g/mol. The van der Waals surface area contributed by atoms with Gasteiger partial charge in [-0.05, 0) is 30.5 Å². The second kappa shape index (κ2) is 8.23. The molecule has 0 saturated carbocycles. The molecule has 3 rings (SSSR count). The molecule has 2 aromatic rings. The van der Waals surface area contributed by atoms with E-state index in [9.17, 15) is 13.6 Å². The summed E-state index contributed by atoms with van der Waals surface area (Å²) in [6.45, 7) is 3.45. The number of hydrogen-bond donors (Lipinski definition) is 1. The van der Waals surface area contributed by atoms with Gasteiger partial charge in [-0.25, -0.2) is 8.78 Å². The third-order valence-corrected chi connectivity index (χ3v) is 4.61. The summed E-state index contributed by atoms with van der Waals surface area (Å²) >= 11 is 0. The van der Waals surface area contributed by atoms with Gasteiger partial charge in [0.05, 0.1) is 12.6 Å². The number of rotatable bonds is 5. The van der Waals surface area contributed by atoms with Crippen LogP contribution in [0.25, 0.3) is 5.57 Å². The summed E-state index contributed by atoms with van der Waals surface area (Å²) in [5.74, 6) is -1.44. The molecule has 1 N–H and O–H groups in total. The number of benzene rings is 2. The minimum absolute atomic E-state index is 0.169. The molecule has 5 heteroatoms. The Balaban J connectivity index is 1.53. The third kappa shape index (κ3) is 4.55. The van der Waals surface area contributed by atoms with E-state index in [2.05, 4.69) is 28.4 Å². The average molecular weight is 356 g/mol. The van der Waals surface area contributed by atoms with Crippen LogP contribution in [0.4, 0.5) is 8.78 Å². The van der Waals surface area contributed by atoms with Crippen molar-refractivity contribution in [2.24, 2.45) is 0 Å². The molecule has 0 saturated heterocycles. The largest absolute Gasteiger partial charge is 0.348 e. The predicted octanol–water partition coefficient (Wildman–Crippen LogP) is 3.93. The molecule has 1 amide bonds. The van der Waals surface area contributed by atoms with Crippen LogP contribution in [-0.2, 0) is 4.79 Å². The molecule has 0 aromatic heterocycles. The van der Waals surface area contributed by atoms with Gasteiger partial charge in [0.15, 0.2) is 0 Å². The lowest BCUT2D eigenvalue weighted by molar-refractivity contribution is -0.122. The lowest BCUT2D eigenvalue weighted by atomic mass is 9.99. The van der Waals surface area contributed by atoms with Gasteiger partial charge in [0.25, 0.3) is 0 Å². The second-order valence-corrected chi connectivity index (χ2v) is 6.54. The third-order valence-electron chi connectivity index (χ3n) is 4.61. The molecule has 3 nitrogen and oxygen atoms in total. The number of amides is 1. The summed E-state index contributed by atoms with van der Waals surface area (Å²) in [7, 11) is 0. The van der Waals surface area contributed by atoms with Crippen molar-refractivity contribution in [2.75, 3.05) is 19.6 Å². The van der Waals surface area contributed by atoms with Gasteiger partial charge < -0.3 is 5.32 Å². The molecule has 0 spiro atoms. The normalized spacial score (nSPS) is 16.0. The van der Waals surface area contributed by atoms with Gasteiger partial charge in [0.1, 0.15) is 11.6 Å². The Hall–Kier alpha value is -2.53. The van der Waals surface area contributed by atoms with Crippen LogP contribution in [0.2, 0.25) is 0 Å². The first kappa shape index (κ1) is 18.3. The highest BCUT2D eigenvalue weighted by molar-refractivity contribution is 5.78. The number of carbonyl (C=O) groups excluding carboxylic acids is 1. The molecule has 1 aliphatic rings. The maximum Gasteiger partial charge on any atom is 0.234 e. The number of nitrogens with one attached hydrogen (secondary N) is 1. The zero-order valence-corrected chi connectivity index (χ0v) is 14.7. The van der Waals surface area contributed by atoms with E-state index in [4.69, 9.17) is 0 Å². The molecule has 136 valence electrons. The SMILES string of the molecule is C[C@H](NC(=O)CN1CC=C(c2ccccc2)CC1)c1ccc(F)cc1F. The smallest absolute Gasteiger partial charge is 0.234 e. The van der Waals surface area contributed by atoms with E-state index < -0.39 is 17.7 Å². The van der Waals surface area contributed by atoms with Gasteiger partial charge in [-0.2, -0.15) is 0 Å². The fourth-order valence-electron chi connectivity index (χ4n) is 3.19. The second-order valence-electron chi connectivity index (χ2n) is 6.54. The van der Waals surface area contributed by atoms with Crippen LogP contribution in [0, 0.1) is 11.6 Å². The maximum atomic E-state index is 13.8. The summed E-state index contributed by atoms with van der Waals surface area (Å²) in [4.78, 5) is 14.3. The summed E-state index contributed by atoms with van der Waals surface area (Å²) in [5, 5.41) is 2.78. The van der Waals surface area contributed by atoms with Crippen molar-refractivity contribution in [3.63, 3.8) is 0 Å². The molecular formula is C21H22F2N2O. The van der Waals surface area contributed by atoms with Crippen molar-refractivity contribution >= 4 is 11.5 Å². The Morgan fingerprint density at radius 2 is 1.96 bits per heavy atom. The Labute approximate surface area is 152 Å². The van der Waals surface area contributed by atoms with E-state index >= 15 is 0 Å². The van der Waals surface area contributed by atoms with Crippen molar-refractivity contribution in [1.29, 1.82) is 0 Å². The molecule has 0 fully saturated rings. The number of hydrogen-bond acceptors (Lipinski definition) is 2. The van der Waals surface area contributed by atoms with Gasteiger partial charge in [-0.1, -0.05) is 42.5 Å². The summed E-state index contributed by atoms with van der Waals surface area (Å²) in [5.41, 5.74) is 2.80. The van der Waals surface area contributed by atoms with Crippen molar-refractivity contribution < 1.29 is 13.6 Å². The standard InChI is InChI=1S/C21H22F2N2O/c1-15(19-8-7-18(22)13-20(19)23)24-21(26)14-25-11-9-17(10-12-25)16-5-3-2-4-6-16/h2-9,13,15H,10-12,14H2,1H3,(H,24,26)/t15-/m0/s1. The highest BCUT2D eigenvalue weighted by Crippen LogP contribution is 2.22. The fraction of sp³-hybridized carbons (Fsp3) is 0.286. The van der Waals surface area contributed by atoms with Gasteiger partial charge in [0.2, 0.25) is 5.91 Å². The Bertz CT molecular complexity index is 805. The quantitative estimate of drug-likeness (QED) is 0.880. The van der Waals surface area contributed by atoms with E-state index in [0.29, 0.717) is 6.54 Å². The Morgan fingerprint density at radius 1 is 1.19 bits per heavy atom. The molecule has 0 radical (unpaired) electrons. The first-order chi connectivity index (χ1) is 12.5. The number of nitrogens with zero attached hydrogens (tertiary/aromatic N) is 1. The van der Waals surface area contributed by atoms with Crippen LogP contribution >= 0.6 is 0 Å². The molecule has 1 heterocycles. The van der Waals surface area contributed by atoms with Crippen molar-refractivity contribution in [3.05, 3.63) is 77.4 Å². The molecule has 26 heavy (non-hydrogen) atoms. The van der Waals surface area contributed by atoms with E-state index in [-0.39, 0.29) is 18.0 Å². The van der Waals surface area contributed by atoms with Crippen LogP contribution in [0.5, 0.6) is 0 Å². The first-order valence-corrected chi connectivity index (χ1v) is 8.74. The van der Waals surface area contributed by atoms with Crippen molar-refractivity contribution in [3.8, 4) is 0 Å². The van der Waals surface area contributed by atoms with Crippen molar-refractivity contribution in [2.45, 2.75) is 19.4 Å². The van der Waals surface area contributed by atoms with Gasteiger partial charge in [-0.3, -0.25) is 9.69 Å². The highest BCUT2D eigenvalue weighted by Gasteiger charge is 2.18. The van der Waals surface area contributed by atoms with Gasteiger partial charge in [0, 0.05) is 24.7 Å². The van der Waals surface area contributed by atoms with E-state index in [1.807, 2.05) is 18.2 Å². The highest BCUT2D eigenvalue weighted by atomic mass is 19.1.